The molecule has 2 rings (SSSR count). The van der Waals surface area contributed by atoms with Gasteiger partial charge in [-0.15, -0.1) is 0 Å². The fourth-order valence-corrected chi connectivity index (χ4v) is 4.86. The SMILES string of the molecule is CC[C@@H](C(=O)NC1CCCCCCC1)N(c1ccc(C)cc1)S(C)(=O)=O. The molecule has 5 nitrogen and oxygen atoms in total. The molecule has 0 bridgehead atoms. The molecule has 1 aromatic carbocycles. The van der Waals surface area contributed by atoms with Gasteiger partial charge in [0, 0.05) is 6.04 Å². The average Bonchev–Trinajstić information content (AvgIpc) is 2.54. The van der Waals surface area contributed by atoms with E-state index in [1.54, 1.807) is 12.1 Å². The van der Waals surface area contributed by atoms with Gasteiger partial charge in [-0.2, -0.15) is 0 Å². The van der Waals surface area contributed by atoms with E-state index in [4.69, 9.17) is 0 Å². The first-order valence-electron chi connectivity index (χ1n) is 9.69. The lowest BCUT2D eigenvalue weighted by Gasteiger charge is -2.32. The molecule has 1 aromatic rings. The Bertz CT molecular complexity index is 678. The summed E-state index contributed by atoms with van der Waals surface area (Å²) in [4.78, 5) is 13.0. The average molecular weight is 381 g/mol. The second kappa shape index (κ2) is 9.40. The Labute approximate surface area is 158 Å². The molecule has 1 atom stereocenters. The quantitative estimate of drug-likeness (QED) is 0.817. The number of benzene rings is 1. The van der Waals surface area contributed by atoms with E-state index in [1.165, 1.54) is 29.8 Å². The van der Waals surface area contributed by atoms with Crippen LogP contribution in [-0.4, -0.2) is 32.7 Å². The number of hydrogen-bond donors (Lipinski definition) is 1. The molecule has 0 spiro atoms. The van der Waals surface area contributed by atoms with Gasteiger partial charge in [-0.05, 0) is 38.3 Å². The summed E-state index contributed by atoms with van der Waals surface area (Å²) in [5, 5.41) is 3.13. The van der Waals surface area contributed by atoms with E-state index in [2.05, 4.69) is 5.32 Å². The van der Waals surface area contributed by atoms with Gasteiger partial charge in [0.15, 0.2) is 0 Å². The molecule has 0 heterocycles. The topological polar surface area (TPSA) is 66.5 Å². The van der Waals surface area contributed by atoms with E-state index in [-0.39, 0.29) is 11.9 Å². The highest BCUT2D eigenvalue weighted by Gasteiger charge is 2.32. The Hall–Kier alpha value is -1.56. The zero-order valence-electron chi connectivity index (χ0n) is 16.2. The van der Waals surface area contributed by atoms with E-state index < -0.39 is 16.1 Å². The van der Waals surface area contributed by atoms with Crippen molar-refractivity contribution in [3.05, 3.63) is 29.8 Å². The Kier molecular flexibility index (Phi) is 7.50. The van der Waals surface area contributed by atoms with Crippen molar-refractivity contribution >= 4 is 21.6 Å². The van der Waals surface area contributed by atoms with Crippen molar-refractivity contribution in [1.82, 2.24) is 5.32 Å². The minimum Gasteiger partial charge on any atom is -0.352 e. The van der Waals surface area contributed by atoms with Gasteiger partial charge in [-0.3, -0.25) is 9.10 Å². The largest absolute Gasteiger partial charge is 0.352 e. The lowest BCUT2D eigenvalue weighted by Crippen LogP contribution is -2.51. The number of nitrogens with one attached hydrogen (secondary N) is 1. The zero-order chi connectivity index (χ0) is 19.2. The Balaban J connectivity index is 2.20. The van der Waals surface area contributed by atoms with Crippen LogP contribution in [0.4, 0.5) is 5.69 Å². The number of hydrogen-bond acceptors (Lipinski definition) is 3. The molecular weight excluding hydrogens is 348 g/mol. The molecule has 1 fully saturated rings. The summed E-state index contributed by atoms with van der Waals surface area (Å²) >= 11 is 0. The summed E-state index contributed by atoms with van der Waals surface area (Å²) in [6, 6.07) is 6.69. The van der Waals surface area contributed by atoms with Gasteiger partial charge in [0.2, 0.25) is 15.9 Å². The van der Waals surface area contributed by atoms with Crippen LogP contribution in [0.1, 0.15) is 63.9 Å². The number of carbonyl (C=O) groups is 1. The zero-order valence-corrected chi connectivity index (χ0v) is 17.0. The van der Waals surface area contributed by atoms with Gasteiger partial charge >= 0.3 is 0 Å². The predicted octanol–water partition coefficient (Wildman–Crippen LogP) is 3.77. The van der Waals surface area contributed by atoms with E-state index in [1.807, 2.05) is 26.0 Å². The standard InChI is InChI=1S/C20H32N2O3S/c1-4-19(20(23)21-17-10-8-6-5-7-9-11-17)22(26(3,24)25)18-14-12-16(2)13-15-18/h12-15,17,19H,4-11H2,1-3H3,(H,21,23)/t19-/m0/s1. The Morgan fingerprint density at radius 2 is 1.65 bits per heavy atom. The highest BCUT2D eigenvalue weighted by atomic mass is 32.2. The van der Waals surface area contributed by atoms with Gasteiger partial charge in [-0.1, -0.05) is 56.7 Å². The van der Waals surface area contributed by atoms with Crippen molar-refractivity contribution < 1.29 is 13.2 Å². The number of carbonyl (C=O) groups excluding carboxylic acids is 1. The fourth-order valence-electron chi connectivity index (χ4n) is 3.65. The van der Waals surface area contributed by atoms with Gasteiger partial charge in [0.25, 0.3) is 0 Å². The molecule has 0 saturated heterocycles. The van der Waals surface area contributed by atoms with Crippen LogP contribution in [0.15, 0.2) is 24.3 Å². The molecular formula is C20H32N2O3S. The number of nitrogens with zero attached hydrogens (tertiary/aromatic N) is 1. The van der Waals surface area contributed by atoms with Crippen LogP contribution < -0.4 is 9.62 Å². The van der Waals surface area contributed by atoms with Crippen LogP contribution in [0.25, 0.3) is 0 Å². The van der Waals surface area contributed by atoms with Gasteiger partial charge in [-0.25, -0.2) is 8.42 Å². The first kappa shape index (κ1) is 20.7. The van der Waals surface area contributed by atoms with Crippen LogP contribution in [0.5, 0.6) is 0 Å². The molecule has 0 radical (unpaired) electrons. The molecule has 1 amide bonds. The minimum atomic E-state index is -3.57. The number of amides is 1. The molecule has 0 aromatic heterocycles. The van der Waals surface area contributed by atoms with Gasteiger partial charge in [0.1, 0.15) is 6.04 Å². The molecule has 1 aliphatic carbocycles. The Morgan fingerprint density at radius 3 is 2.15 bits per heavy atom. The number of rotatable bonds is 6. The number of sulfonamides is 1. The highest BCUT2D eigenvalue weighted by molar-refractivity contribution is 7.92. The van der Waals surface area contributed by atoms with Crippen LogP contribution in [0.2, 0.25) is 0 Å². The van der Waals surface area contributed by atoms with Crippen molar-refractivity contribution in [3.8, 4) is 0 Å². The van der Waals surface area contributed by atoms with Crippen LogP contribution in [-0.2, 0) is 14.8 Å². The minimum absolute atomic E-state index is 0.149. The molecule has 1 aliphatic rings. The van der Waals surface area contributed by atoms with Crippen molar-refractivity contribution in [2.24, 2.45) is 0 Å². The first-order valence-corrected chi connectivity index (χ1v) is 11.5. The monoisotopic (exact) mass is 380 g/mol. The van der Waals surface area contributed by atoms with Crippen molar-refractivity contribution in [2.75, 3.05) is 10.6 Å². The smallest absolute Gasteiger partial charge is 0.244 e. The summed E-state index contributed by atoms with van der Waals surface area (Å²) in [5.41, 5.74) is 1.59. The summed E-state index contributed by atoms with van der Waals surface area (Å²) in [6.45, 7) is 3.81. The maximum absolute atomic E-state index is 13.0. The van der Waals surface area contributed by atoms with Gasteiger partial charge < -0.3 is 5.32 Å². The van der Waals surface area contributed by atoms with Gasteiger partial charge in [0.05, 0.1) is 11.9 Å². The van der Waals surface area contributed by atoms with E-state index in [9.17, 15) is 13.2 Å². The highest BCUT2D eigenvalue weighted by Crippen LogP contribution is 2.24. The summed E-state index contributed by atoms with van der Waals surface area (Å²) < 4.78 is 26.2. The lowest BCUT2D eigenvalue weighted by molar-refractivity contribution is -0.123. The maximum atomic E-state index is 13.0. The summed E-state index contributed by atoms with van der Waals surface area (Å²) in [6.07, 6.45) is 9.48. The molecule has 1 N–H and O–H groups in total. The maximum Gasteiger partial charge on any atom is 0.244 e. The van der Waals surface area contributed by atoms with Crippen molar-refractivity contribution in [2.45, 2.75) is 77.3 Å². The van der Waals surface area contributed by atoms with Crippen molar-refractivity contribution in [3.63, 3.8) is 0 Å². The van der Waals surface area contributed by atoms with Crippen LogP contribution in [0, 0.1) is 6.92 Å². The molecule has 26 heavy (non-hydrogen) atoms. The molecule has 0 unspecified atom stereocenters. The normalized spacial score (nSPS) is 17.8. The second-order valence-electron chi connectivity index (χ2n) is 7.37. The van der Waals surface area contributed by atoms with Crippen LogP contribution >= 0.6 is 0 Å². The Morgan fingerprint density at radius 1 is 1.12 bits per heavy atom. The molecule has 0 aliphatic heterocycles. The first-order chi connectivity index (χ1) is 12.3. The third-order valence-corrected chi connectivity index (χ3v) is 6.25. The van der Waals surface area contributed by atoms with E-state index in [0.29, 0.717) is 12.1 Å². The third-order valence-electron chi connectivity index (χ3n) is 5.07. The lowest BCUT2D eigenvalue weighted by atomic mass is 9.96. The van der Waals surface area contributed by atoms with E-state index >= 15 is 0 Å². The van der Waals surface area contributed by atoms with E-state index in [0.717, 1.165) is 31.2 Å². The summed E-state index contributed by atoms with van der Waals surface area (Å²) in [5.74, 6) is -0.191. The number of anilines is 1. The number of aryl methyl sites for hydroxylation is 1. The predicted molar refractivity (Wildman–Crippen MR) is 107 cm³/mol. The fraction of sp³-hybridized carbons (Fsp3) is 0.650. The molecule has 6 heteroatoms. The molecule has 146 valence electrons. The summed E-state index contributed by atoms with van der Waals surface area (Å²) in [7, 11) is -3.57. The second-order valence-corrected chi connectivity index (χ2v) is 9.23. The van der Waals surface area contributed by atoms with Crippen LogP contribution in [0.3, 0.4) is 0 Å². The van der Waals surface area contributed by atoms with Crippen molar-refractivity contribution in [1.29, 1.82) is 0 Å². The third kappa shape index (κ3) is 5.73. The molecule has 1 saturated carbocycles.